The molecule has 2 aromatic heterocycles. The number of H-pyrrole nitrogens is 1. The number of carboxylic acid groups (broad SMARTS) is 4. The fourth-order valence-electron chi connectivity index (χ4n) is 10.6. The SMILES string of the molecule is C=C(CC[C@@H](NC(=O)CN1CCN(CC(=O)O)CCN(CC(=O)O)CCN(CC(=O)O)CC1)C(=O)NCC)NCCOC.CCCOCCOCCOCCCNC(=O)CCCOc1cc(C)c(S(=O)(=O)NC(CNC(=O)c2cn(C)c3cc(CNc4ncc[nH]4)ccc3c2=O)C(=O)O)c(C)c1. The van der Waals surface area contributed by atoms with Crippen molar-refractivity contribution in [2.75, 3.05) is 170 Å². The van der Waals surface area contributed by atoms with E-state index >= 15 is 0 Å². The zero-order valence-corrected chi connectivity index (χ0v) is 60.1. The first-order valence-corrected chi connectivity index (χ1v) is 35.4. The predicted molar refractivity (Wildman–Crippen MR) is 378 cm³/mol. The number of hydrogen-bond donors (Lipinski definition) is 12. The van der Waals surface area contributed by atoms with Crippen LogP contribution in [0, 0.1) is 13.8 Å². The van der Waals surface area contributed by atoms with E-state index in [9.17, 15) is 72.0 Å². The third-order valence-corrected chi connectivity index (χ3v) is 17.5. The number of aliphatic carboxylic acids is 4. The lowest BCUT2D eigenvalue weighted by atomic mass is 10.1. The molecule has 0 spiro atoms. The average molecular weight is 1460 g/mol. The van der Waals surface area contributed by atoms with Crippen LogP contribution in [0.25, 0.3) is 10.9 Å². The number of carbonyl (C=O) groups excluding carboxylic acids is 4. The number of anilines is 1. The van der Waals surface area contributed by atoms with E-state index < -0.39 is 69.8 Å². The number of carboxylic acids is 4. The van der Waals surface area contributed by atoms with Crippen LogP contribution in [0.1, 0.15) is 79.4 Å². The van der Waals surface area contributed by atoms with E-state index in [1.165, 1.54) is 18.3 Å². The number of allylic oxidation sites excluding steroid dienone is 1. The molecule has 4 aromatic rings. The van der Waals surface area contributed by atoms with Crippen molar-refractivity contribution in [1.29, 1.82) is 0 Å². The van der Waals surface area contributed by atoms with Crippen molar-refractivity contribution in [3.63, 3.8) is 0 Å². The number of aromatic amines is 1. The number of sulfonamides is 1. The number of benzene rings is 2. The largest absolute Gasteiger partial charge is 0.494 e. The van der Waals surface area contributed by atoms with Crippen molar-refractivity contribution in [1.82, 2.24) is 65.4 Å². The van der Waals surface area contributed by atoms with Gasteiger partial charge in [0.15, 0.2) is 5.95 Å². The number of amides is 4. The van der Waals surface area contributed by atoms with Crippen molar-refractivity contribution in [2.24, 2.45) is 7.05 Å². The first kappa shape index (κ1) is 85.8. The molecule has 102 heavy (non-hydrogen) atoms. The molecule has 4 amide bonds. The minimum atomic E-state index is -4.41. The molecule has 0 bridgehead atoms. The molecule has 12 N–H and O–H groups in total. The summed E-state index contributed by atoms with van der Waals surface area (Å²) in [5.74, 6) is -5.36. The Kier molecular flexibility index (Phi) is 39.3. The lowest BCUT2D eigenvalue weighted by molar-refractivity contribution is -0.140. The molecule has 0 saturated carbocycles. The van der Waals surface area contributed by atoms with Gasteiger partial charge in [-0.05, 0) is 93.8 Å². The zero-order chi connectivity index (χ0) is 75.0. The minimum Gasteiger partial charge on any atom is -0.494 e. The molecule has 3 heterocycles. The lowest BCUT2D eigenvalue weighted by Crippen LogP contribution is -2.52. The van der Waals surface area contributed by atoms with Gasteiger partial charge < -0.3 is 85.6 Å². The highest BCUT2D eigenvalue weighted by atomic mass is 32.2. The summed E-state index contributed by atoms with van der Waals surface area (Å²) in [6.07, 6.45) is 7.71. The van der Waals surface area contributed by atoms with E-state index in [-0.39, 0.29) is 106 Å². The van der Waals surface area contributed by atoms with Crippen LogP contribution in [-0.4, -0.2) is 287 Å². The fraction of sp³-hybridized carbons (Fsp3) is 0.582. The number of imidazole rings is 1. The number of pyridine rings is 1. The maximum absolute atomic E-state index is 13.5. The predicted octanol–water partition coefficient (Wildman–Crippen LogP) is 0.390. The van der Waals surface area contributed by atoms with E-state index in [2.05, 4.69) is 53.2 Å². The van der Waals surface area contributed by atoms with Crippen LogP contribution in [0.3, 0.4) is 0 Å². The Labute approximate surface area is 594 Å². The van der Waals surface area contributed by atoms with Gasteiger partial charge in [-0.1, -0.05) is 19.6 Å². The summed E-state index contributed by atoms with van der Waals surface area (Å²) in [6.45, 7) is 17.5. The normalized spacial score (nSPS) is 14.2. The summed E-state index contributed by atoms with van der Waals surface area (Å²) in [7, 11) is -1.15. The molecule has 1 unspecified atom stereocenters. The van der Waals surface area contributed by atoms with Crippen molar-refractivity contribution in [3.8, 4) is 5.75 Å². The Bertz CT molecular complexity index is 3450. The Balaban J connectivity index is 0.000000456. The molecule has 5 rings (SSSR count). The van der Waals surface area contributed by atoms with E-state index in [4.69, 9.17) is 23.7 Å². The highest BCUT2D eigenvalue weighted by Crippen LogP contribution is 2.26. The number of carbonyl (C=O) groups is 8. The molecule has 2 aromatic carbocycles. The monoisotopic (exact) mass is 1460 g/mol. The van der Waals surface area contributed by atoms with Gasteiger partial charge in [0.25, 0.3) is 5.91 Å². The Morgan fingerprint density at radius 1 is 0.676 bits per heavy atom. The van der Waals surface area contributed by atoms with E-state index in [0.717, 1.165) is 18.6 Å². The Hall–Kier alpha value is -8.65. The van der Waals surface area contributed by atoms with Crippen LogP contribution in [-0.2, 0) is 76.1 Å². The Morgan fingerprint density at radius 2 is 1.25 bits per heavy atom. The smallest absolute Gasteiger partial charge is 0.323 e. The van der Waals surface area contributed by atoms with Crippen molar-refractivity contribution in [3.05, 3.63) is 93.7 Å². The molecule has 0 radical (unpaired) electrons. The van der Waals surface area contributed by atoms with Gasteiger partial charge in [-0.15, -0.1) is 0 Å². The number of methoxy groups -OCH3 is 1. The quantitative estimate of drug-likeness (QED) is 0.0266. The number of nitrogens with zero attached hydrogens (tertiary/aromatic N) is 6. The number of nitrogens with one attached hydrogen (secondary N) is 8. The highest BCUT2D eigenvalue weighted by molar-refractivity contribution is 7.89. The second-order valence-corrected chi connectivity index (χ2v) is 25.7. The molecule has 2 atom stereocenters. The van der Waals surface area contributed by atoms with Gasteiger partial charge in [-0.3, -0.25) is 62.8 Å². The summed E-state index contributed by atoms with van der Waals surface area (Å²) in [5, 5.41) is 55.3. The third kappa shape index (κ3) is 33.0. The molecule has 1 aliphatic rings. The standard InChI is InChI=1S/C40H55N7O11S.C27H49N7O9/c1-5-14-55-17-19-57-20-18-56-15-7-11-41-35(48)8-6-16-58-30-21-27(2)37(28(3)22-30)59(53,54)46-33(39(51)52)25-44-38(50)32-26-47(4)34-23-29(9-10-31(34)36(32)49)24-45-40-42-12-13-43-40;1-4-28-27(42)22(6-5-21(2)29-7-16-43-3)30-23(35)17-31-8-10-32(18-24(36)37)12-14-34(20-26(40)41)15-13-33(11-9-31)19-25(38)39/h9-10,12-13,21-23,26,33,46H,5-8,11,14-20,24-25H2,1-4H3,(H,41,48)(H,44,50)(H,51,52)(H2,42,43,45);22,29H,2,4-20H2,1,3H3,(H,28,42)(H,30,35)(H,36,37)(H,38,39)(H,40,41)/t;22-/m.1/s1. The minimum absolute atomic E-state index is 0.0874. The molecular weight excluding hydrogens is 1350 g/mol. The van der Waals surface area contributed by atoms with Crippen LogP contribution >= 0.6 is 0 Å². The number of rotatable bonds is 45. The van der Waals surface area contributed by atoms with Gasteiger partial charge >= 0.3 is 23.9 Å². The molecule has 35 heteroatoms. The van der Waals surface area contributed by atoms with Gasteiger partial charge in [0.2, 0.25) is 33.2 Å². The molecule has 0 aliphatic carbocycles. The van der Waals surface area contributed by atoms with Crippen molar-refractivity contribution in [2.45, 2.75) is 89.7 Å². The van der Waals surface area contributed by atoms with Crippen molar-refractivity contribution >= 4 is 74.4 Å². The van der Waals surface area contributed by atoms with Crippen LogP contribution in [0.5, 0.6) is 5.75 Å². The average Bonchev–Trinajstić information content (AvgIpc) is 0.865. The number of aryl methyl sites for hydroxylation is 3. The maximum atomic E-state index is 13.5. The first-order chi connectivity index (χ1) is 48.7. The summed E-state index contributed by atoms with van der Waals surface area (Å²) >= 11 is 0. The molecule has 568 valence electrons. The molecule has 1 aliphatic heterocycles. The first-order valence-electron chi connectivity index (χ1n) is 33.9. The summed E-state index contributed by atoms with van der Waals surface area (Å²) in [6, 6.07) is 5.62. The number of hydrogen-bond acceptors (Lipinski definition) is 23. The molecule has 34 nitrogen and oxygen atoms in total. The topological polar surface area (TPSA) is 446 Å². The lowest BCUT2D eigenvalue weighted by Gasteiger charge is -2.33. The van der Waals surface area contributed by atoms with Crippen LogP contribution in [0.15, 0.2) is 70.9 Å². The maximum Gasteiger partial charge on any atom is 0.323 e. The van der Waals surface area contributed by atoms with Crippen molar-refractivity contribution < 1.29 is 90.9 Å². The molecule has 1 saturated heterocycles. The number of fused-ring (bicyclic) bond motifs is 1. The summed E-state index contributed by atoms with van der Waals surface area (Å²) < 4.78 is 57.9. The van der Waals surface area contributed by atoms with Gasteiger partial charge in [0, 0.05) is 149 Å². The fourth-order valence-corrected chi connectivity index (χ4v) is 12.3. The molecule has 1 fully saturated rings. The highest BCUT2D eigenvalue weighted by Gasteiger charge is 2.30. The van der Waals surface area contributed by atoms with Gasteiger partial charge in [0.05, 0.1) is 76.2 Å². The third-order valence-electron chi connectivity index (χ3n) is 15.7. The van der Waals surface area contributed by atoms with Crippen LogP contribution in [0.2, 0.25) is 0 Å². The van der Waals surface area contributed by atoms with Gasteiger partial charge in [0.1, 0.15) is 23.4 Å². The number of ether oxygens (including phenoxy) is 5. The Morgan fingerprint density at radius 3 is 1.79 bits per heavy atom. The number of likely N-dealkylation sites (N-methyl/N-ethyl adjacent to an activating group) is 1. The van der Waals surface area contributed by atoms with Gasteiger partial charge in [-0.2, -0.15) is 4.72 Å². The van der Waals surface area contributed by atoms with Crippen LogP contribution < -0.4 is 46.8 Å². The number of aromatic nitrogens is 3. The summed E-state index contributed by atoms with van der Waals surface area (Å²) in [4.78, 5) is 125. The van der Waals surface area contributed by atoms with Gasteiger partial charge in [-0.25, -0.2) is 13.4 Å². The second-order valence-electron chi connectivity index (χ2n) is 24.1. The molecular formula is C67H104N14O20S. The second kappa shape index (κ2) is 46.8. The summed E-state index contributed by atoms with van der Waals surface area (Å²) in [5.41, 5.74) is 1.94. The van der Waals surface area contributed by atoms with E-state index in [1.807, 2.05) is 6.92 Å². The van der Waals surface area contributed by atoms with Crippen LogP contribution in [0.4, 0.5) is 5.95 Å². The van der Waals surface area contributed by atoms with E-state index in [1.54, 1.807) is 89.7 Å². The zero-order valence-electron chi connectivity index (χ0n) is 59.3. The van der Waals surface area contributed by atoms with E-state index in [0.29, 0.717) is 139 Å².